The Hall–Kier alpha value is -3.41. The number of anilines is 1. The van der Waals surface area contributed by atoms with E-state index in [0.717, 1.165) is 11.3 Å². The summed E-state index contributed by atoms with van der Waals surface area (Å²) in [6.45, 7) is 0. The number of halogens is 2. The van der Waals surface area contributed by atoms with Gasteiger partial charge >= 0.3 is 0 Å². The maximum atomic E-state index is 13.4. The van der Waals surface area contributed by atoms with Crippen molar-refractivity contribution in [2.75, 3.05) is 4.90 Å². The Morgan fingerprint density at radius 3 is 2.53 bits per heavy atom. The smallest absolute Gasteiger partial charge is 0.161 e. The highest BCUT2D eigenvalue weighted by molar-refractivity contribution is 6.42. The highest BCUT2D eigenvalue weighted by atomic mass is 35.5. The Balaban J connectivity index is 1.83. The molecule has 1 aliphatic carbocycles. The number of carbonyl (C=O) groups is 1. The minimum atomic E-state index is -0.608. The fourth-order valence-corrected chi connectivity index (χ4v) is 5.02. The molecule has 2 aromatic carbocycles. The van der Waals surface area contributed by atoms with Gasteiger partial charge in [0.25, 0.3) is 0 Å². The van der Waals surface area contributed by atoms with Crippen molar-refractivity contribution in [3.8, 4) is 0 Å². The van der Waals surface area contributed by atoms with Gasteiger partial charge in [-0.1, -0.05) is 59.6 Å². The molecule has 0 radical (unpaired) electrons. The maximum absolute atomic E-state index is 13.4. The largest absolute Gasteiger partial charge is 0.507 e. The van der Waals surface area contributed by atoms with Gasteiger partial charge in [-0.2, -0.15) is 0 Å². The van der Waals surface area contributed by atoms with Gasteiger partial charge in [-0.15, -0.1) is 0 Å². The van der Waals surface area contributed by atoms with Crippen LogP contribution in [0.2, 0.25) is 10.0 Å². The molecule has 0 bridgehead atoms. The zero-order valence-corrected chi connectivity index (χ0v) is 19.6. The van der Waals surface area contributed by atoms with Crippen LogP contribution in [0.3, 0.4) is 0 Å². The van der Waals surface area contributed by atoms with Crippen molar-refractivity contribution >= 4 is 46.3 Å². The molecule has 0 spiro atoms. The second-order valence-electron chi connectivity index (χ2n) is 8.27. The molecule has 170 valence electrons. The number of pyridine rings is 1. The standard InChI is InChI=1S/C27H21Cl2N3O2/c28-19-12-11-18(14-20(19)29)32-21-9-4-10-22(33)24(21)23(17-8-5-13-31-15-17)25(27(32)30)26(34)16-6-2-1-3-7-16/h1-3,5-8,11-15,23,30,34H,4,9-10H2/b26-25+,30-27?. The second kappa shape index (κ2) is 9.09. The molecule has 1 aromatic heterocycles. The van der Waals surface area contributed by atoms with E-state index < -0.39 is 5.92 Å². The van der Waals surface area contributed by atoms with E-state index in [1.54, 1.807) is 53.7 Å². The number of Topliss-reactive ketones (excluding diaryl/α,β-unsaturated/α-hetero) is 1. The second-order valence-corrected chi connectivity index (χ2v) is 9.08. The van der Waals surface area contributed by atoms with Gasteiger partial charge in [-0.25, -0.2) is 0 Å². The lowest BCUT2D eigenvalue weighted by molar-refractivity contribution is -0.116. The van der Waals surface area contributed by atoms with Crippen LogP contribution in [-0.4, -0.2) is 21.7 Å². The first-order valence-electron chi connectivity index (χ1n) is 11.0. The molecule has 3 aromatic rings. The molecule has 1 atom stereocenters. The SMILES string of the molecule is N=C1/C(=C(/O)c2ccccc2)C(c2cccnc2)C2=C(CCCC2=O)N1c1ccc(Cl)c(Cl)c1. The third kappa shape index (κ3) is 3.81. The number of benzene rings is 2. The molecule has 1 unspecified atom stereocenters. The number of aliphatic hydroxyl groups excluding tert-OH is 1. The summed E-state index contributed by atoms with van der Waals surface area (Å²) in [5.74, 6) is -0.564. The lowest BCUT2D eigenvalue weighted by atomic mass is 9.74. The average Bonchev–Trinajstić information content (AvgIpc) is 2.86. The molecule has 1 aliphatic heterocycles. The van der Waals surface area contributed by atoms with Crippen LogP contribution >= 0.6 is 23.2 Å². The Morgan fingerprint density at radius 2 is 1.82 bits per heavy atom. The topological polar surface area (TPSA) is 77.3 Å². The third-order valence-corrected chi connectivity index (χ3v) is 6.98. The molecular weight excluding hydrogens is 469 g/mol. The van der Waals surface area contributed by atoms with E-state index in [2.05, 4.69) is 4.98 Å². The molecule has 2 N–H and O–H groups in total. The van der Waals surface area contributed by atoms with E-state index in [-0.39, 0.29) is 17.4 Å². The van der Waals surface area contributed by atoms with Crippen LogP contribution < -0.4 is 4.90 Å². The summed E-state index contributed by atoms with van der Waals surface area (Å²) in [5, 5.41) is 21.5. The van der Waals surface area contributed by atoms with Crippen molar-refractivity contribution in [1.82, 2.24) is 4.98 Å². The first kappa shape index (κ1) is 22.4. The molecule has 0 saturated carbocycles. The highest BCUT2D eigenvalue weighted by Crippen LogP contribution is 2.48. The number of aliphatic hydroxyl groups is 1. The maximum Gasteiger partial charge on any atom is 0.161 e. The van der Waals surface area contributed by atoms with Crippen LogP contribution in [-0.2, 0) is 4.79 Å². The Morgan fingerprint density at radius 1 is 1.03 bits per heavy atom. The van der Waals surface area contributed by atoms with E-state index in [1.807, 2.05) is 24.3 Å². The number of nitrogens with one attached hydrogen (secondary N) is 1. The van der Waals surface area contributed by atoms with Gasteiger partial charge in [-0.3, -0.25) is 20.1 Å². The van der Waals surface area contributed by atoms with Gasteiger partial charge < -0.3 is 5.11 Å². The number of nitrogens with zero attached hydrogens (tertiary/aromatic N) is 2. The predicted molar refractivity (Wildman–Crippen MR) is 136 cm³/mol. The van der Waals surface area contributed by atoms with Crippen molar-refractivity contribution in [2.24, 2.45) is 0 Å². The molecule has 2 heterocycles. The molecule has 5 rings (SSSR count). The average molecular weight is 490 g/mol. The van der Waals surface area contributed by atoms with Crippen molar-refractivity contribution < 1.29 is 9.90 Å². The van der Waals surface area contributed by atoms with E-state index in [0.29, 0.717) is 51.7 Å². The zero-order valence-electron chi connectivity index (χ0n) is 18.1. The lowest BCUT2D eigenvalue weighted by Crippen LogP contribution is -2.42. The number of hydrogen-bond acceptors (Lipinski definition) is 4. The van der Waals surface area contributed by atoms with Crippen LogP contribution in [0.25, 0.3) is 5.76 Å². The van der Waals surface area contributed by atoms with Gasteiger partial charge in [0.15, 0.2) is 5.78 Å². The van der Waals surface area contributed by atoms with Crippen molar-refractivity contribution in [3.05, 3.63) is 111 Å². The van der Waals surface area contributed by atoms with Crippen LogP contribution in [0.1, 0.15) is 36.3 Å². The lowest BCUT2D eigenvalue weighted by Gasteiger charge is -2.41. The molecule has 2 aliphatic rings. The van der Waals surface area contributed by atoms with Gasteiger partial charge in [0, 0.05) is 52.8 Å². The molecule has 0 saturated heterocycles. The van der Waals surface area contributed by atoms with E-state index >= 15 is 0 Å². The molecule has 7 heteroatoms. The molecule has 5 nitrogen and oxygen atoms in total. The first-order chi connectivity index (χ1) is 16.5. The summed E-state index contributed by atoms with van der Waals surface area (Å²) in [4.78, 5) is 19.4. The Kier molecular flexibility index (Phi) is 5.98. The van der Waals surface area contributed by atoms with Gasteiger partial charge in [0.1, 0.15) is 11.6 Å². The molecular formula is C27H21Cl2N3O2. The monoisotopic (exact) mass is 489 g/mol. The number of hydrogen-bond donors (Lipinski definition) is 2. The summed E-state index contributed by atoms with van der Waals surface area (Å²) in [6, 6.07) is 17.9. The molecule has 0 fully saturated rings. The van der Waals surface area contributed by atoms with Crippen molar-refractivity contribution in [1.29, 1.82) is 5.41 Å². The molecule has 34 heavy (non-hydrogen) atoms. The minimum absolute atomic E-state index is 0.00558. The fourth-order valence-electron chi connectivity index (χ4n) is 4.73. The van der Waals surface area contributed by atoms with Crippen LogP contribution in [0, 0.1) is 5.41 Å². The van der Waals surface area contributed by atoms with Gasteiger partial charge in [0.05, 0.1) is 10.0 Å². The predicted octanol–water partition coefficient (Wildman–Crippen LogP) is 6.95. The number of allylic oxidation sites excluding steroid dienone is 2. The van der Waals surface area contributed by atoms with Crippen LogP contribution in [0.15, 0.2) is 89.9 Å². The number of carbonyl (C=O) groups excluding carboxylic acids is 1. The van der Waals surface area contributed by atoms with Crippen LogP contribution in [0.4, 0.5) is 5.69 Å². The summed E-state index contributed by atoms with van der Waals surface area (Å²) in [7, 11) is 0. The van der Waals surface area contributed by atoms with Gasteiger partial charge in [0.2, 0.25) is 0 Å². The Labute approximate surface area is 207 Å². The highest BCUT2D eigenvalue weighted by Gasteiger charge is 2.43. The first-order valence-corrected chi connectivity index (χ1v) is 11.7. The zero-order chi connectivity index (χ0) is 23.8. The summed E-state index contributed by atoms with van der Waals surface area (Å²) >= 11 is 12.5. The normalized spacial score (nSPS) is 19.8. The number of aromatic nitrogens is 1. The summed E-state index contributed by atoms with van der Waals surface area (Å²) in [6.07, 6.45) is 5.08. The van der Waals surface area contributed by atoms with Crippen molar-refractivity contribution in [2.45, 2.75) is 25.2 Å². The van der Waals surface area contributed by atoms with Crippen LogP contribution in [0.5, 0.6) is 0 Å². The summed E-state index contributed by atoms with van der Waals surface area (Å²) in [5.41, 5.74) is 3.61. The minimum Gasteiger partial charge on any atom is -0.507 e. The Bertz CT molecular complexity index is 1350. The number of amidine groups is 1. The van der Waals surface area contributed by atoms with Crippen molar-refractivity contribution in [3.63, 3.8) is 0 Å². The number of rotatable bonds is 3. The van der Waals surface area contributed by atoms with E-state index in [1.165, 1.54) is 0 Å². The van der Waals surface area contributed by atoms with E-state index in [9.17, 15) is 15.3 Å². The molecule has 0 amide bonds. The fraction of sp³-hybridized carbons (Fsp3) is 0.148. The third-order valence-electron chi connectivity index (χ3n) is 6.24. The quantitative estimate of drug-likeness (QED) is 0.390. The van der Waals surface area contributed by atoms with E-state index in [4.69, 9.17) is 23.2 Å². The number of ketones is 1. The van der Waals surface area contributed by atoms with Gasteiger partial charge in [-0.05, 0) is 42.7 Å². The summed E-state index contributed by atoms with van der Waals surface area (Å²) < 4.78 is 0.